The fourth-order valence-corrected chi connectivity index (χ4v) is 4.10. The Morgan fingerprint density at radius 1 is 0.792 bits per heavy atom. The zero-order valence-electron chi connectivity index (χ0n) is 16.8. The first kappa shape index (κ1) is 21.5. The molecule has 0 radical (unpaired) electrons. The minimum absolute atomic E-state index is 0.311. The van der Waals surface area contributed by atoms with Crippen LogP contribution in [0, 0.1) is 11.8 Å². The Morgan fingerprint density at radius 2 is 1.33 bits per heavy atom. The molecule has 24 heavy (non-hydrogen) atoms. The third-order valence-electron chi connectivity index (χ3n) is 5.88. The van der Waals surface area contributed by atoms with Crippen LogP contribution in [0.25, 0.3) is 0 Å². The summed E-state index contributed by atoms with van der Waals surface area (Å²) in [5.41, 5.74) is 0. The van der Waals surface area contributed by atoms with Gasteiger partial charge in [-0.1, -0.05) is 85.0 Å². The van der Waals surface area contributed by atoms with Crippen molar-refractivity contribution in [2.75, 3.05) is 13.1 Å². The monoisotopic (exact) mass is 337 g/mol. The summed E-state index contributed by atoms with van der Waals surface area (Å²) in [7, 11) is 0. The van der Waals surface area contributed by atoms with Crippen LogP contribution in [0.2, 0.25) is 0 Å². The Morgan fingerprint density at radius 3 is 1.92 bits per heavy atom. The zero-order valence-corrected chi connectivity index (χ0v) is 16.8. The first-order valence-corrected chi connectivity index (χ1v) is 11.0. The summed E-state index contributed by atoms with van der Waals surface area (Å²) >= 11 is 0. The van der Waals surface area contributed by atoms with Gasteiger partial charge in [-0.15, -0.1) is 0 Å². The molecule has 0 aromatic rings. The van der Waals surface area contributed by atoms with E-state index in [1.807, 2.05) is 0 Å². The second-order valence-electron chi connectivity index (χ2n) is 7.93. The van der Waals surface area contributed by atoms with Crippen LogP contribution in [0.1, 0.15) is 111 Å². The second-order valence-corrected chi connectivity index (χ2v) is 7.93. The van der Waals surface area contributed by atoms with Crippen molar-refractivity contribution in [3.8, 4) is 0 Å². The molecule has 0 N–H and O–H groups in total. The summed E-state index contributed by atoms with van der Waals surface area (Å²) in [6, 6.07) is 0. The molecule has 0 spiro atoms. The Balaban J connectivity index is 2.33. The van der Waals surface area contributed by atoms with Crippen molar-refractivity contribution >= 4 is 5.91 Å². The molecular weight excluding hydrogens is 294 g/mol. The molecule has 0 saturated carbocycles. The van der Waals surface area contributed by atoms with E-state index in [0.29, 0.717) is 11.8 Å². The molecule has 0 aromatic heterocycles. The van der Waals surface area contributed by atoms with Crippen molar-refractivity contribution in [1.82, 2.24) is 4.90 Å². The lowest BCUT2D eigenvalue weighted by Gasteiger charge is -2.23. The number of rotatable bonds is 14. The standard InChI is InChI=1S/C22H43NO/c1-4-7-9-16-21(22(24)23-18-12-13-19-23)17-11-10-15-20(6-3)14-8-5-2/h20-21H,4-19H2,1-3H3/t20-,21+/m1/s1. The number of unbranched alkanes of at least 4 members (excludes halogenated alkanes) is 4. The quantitative estimate of drug-likeness (QED) is 0.328. The van der Waals surface area contributed by atoms with E-state index in [-0.39, 0.29) is 0 Å². The molecule has 1 aliphatic rings. The number of carbonyl (C=O) groups is 1. The average molecular weight is 338 g/mol. The topological polar surface area (TPSA) is 20.3 Å². The molecule has 1 aliphatic heterocycles. The number of nitrogens with zero attached hydrogens (tertiary/aromatic N) is 1. The summed E-state index contributed by atoms with van der Waals surface area (Å²) in [6.45, 7) is 8.90. The molecule has 0 unspecified atom stereocenters. The molecular formula is C22H43NO. The van der Waals surface area contributed by atoms with Gasteiger partial charge in [0.05, 0.1) is 0 Å². The maximum atomic E-state index is 12.8. The molecule has 0 aromatic carbocycles. The summed E-state index contributed by atoms with van der Waals surface area (Å²) in [4.78, 5) is 14.9. The minimum Gasteiger partial charge on any atom is -0.342 e. The van der Waals surface area contributed by atoms with Crippen LogP contribution in [0.15, 0.2) is 0 Å². The van der Waals surface area contributed by atoms with Gasteiger partial charge in [0.1, 0.15) is 0 Å². The maximum Gasteiger partial charge on any atom is 0.225 e. The van der Waals surface area contributed by atoms with Gasteiger partial charge in [0.15, 0.2) is 0 Å². The van der Waals surface area contributed by atoms with Gasteiger partial charge in [-0.3, -0.25) is 4.79 Å². The van der Waals surface area contributed by atoms with Crippen LogP contribution in [0.5, 0.6) is 0 Å². The number of carbonyl (C=O) groups excluding carboxylic acids is 1. The summed E-state index contributed by atoms with van der Waals surface area (Å²) in [5.74, 6) is 1.70. The number of likely N-dealkylation sites (tertiary alicyclic amines) is 1. The first-order valence-electron chi connectivity index (χ1n) is 11.0. The summed E-state index contributed by atoms with van der Waals surface area (Å²) in [6.07, 6.45) is 17.8. The van der Waals surface area contributed by atoms with Crippen molar-refractivity contribution in [3.05, 3.63) is 0 Å². The lowest BCUT2D eigenvalue weighted by atomic mass is 9.90. The highest BCUT2D eigenvalue weighted by molar-refractivity contribution is 5.79. The fourth-order valence-electron chi connectivity index (χ4n) is 4.10. The minimum atomic E-state index is 0.311. The van der Waals surface area contributed by atoms with E-state index in [1.165, 1.54) is 77.0 Å². The van der Waals surface area contributed by atoms with E-state index in [2.05, 4.69) is 25.7 Å². The molecule has 142 valence electrons. The van der Waals surface area contributed by atoms with Gasteiger partial charge in [0, 0.05) is 19.0 Å². The van der Waals surface area contributed by atoms with Crippen LogP contribution in [-0.2, 0) is 4.79 Å². The van der Waals surface area contributed by atoms with Crippen molar-refractivity contribution in [2.24, 2.45) is 11.8 Å². The van der Waals surface area contributed by atoms with Gasteiger partial charge < -0.3 is 4.90 Å². The van der Waals surface area contributed by atoms with Gasteiger partial charge >= 0.3 is 0 Å². The number of hydrogen-bond donors (Lipinski definition) is 0. The summed E-state index contributed by atoms with van der Waals surface area (Å²) < 4.78 is 0. The highest BCUT2D eigenvalue weighted by Crippen LogP contribution is 2.25. The van der Waals surface area contributed by atoms with E-state index >= 15 is 0 Å². The summed E-state index contributed by atoms with van der Waals surface area (Å²) in [5, 5.41) is 0. The third kappa shape index (κ3) is 8.53. The van der Waals surface area contributed by atoms with Crippen molar-refractivity contribution < 1.29 is 4.79 Å². The Labute approximate surface area is 151 Å². The highest BCUT2D eigenvalue weighted by atomic mass is 16.2. The number of amides is 1. The van der Waals surface area contributed by atoms with E-state index in [0.717, 1.165) is 31.8 Å². The molecule has 1 amide bonds. The van der Waals surface area contributed by atoms with Crippen molar-refractivity contribution in [1.29, 1.82) is 0 Å². The van der Waals surface area contributed by atoms with Crippen LogP contribution >= 0.6 is 0 Å². The van der Waals surface area contributed by atoms with Crippen molar-refractivity contribution in [2.45, 2.75) is 111 Å². The normalized spacial score (nSPS) is 17.2. The molecule has 1 saturated heterocycles. The Bertz CT molecular complexity index is 309. The third-order valence-corrected chi connectivity index (χ3v) is 5.88. The van der Waals surface area contributed by atoms with Crippen molar-refractivity contribution in [3.63, 3.8) is 0 Å². The SMILES string of the molecule is CCCCC[C@@H](CCCC[C@H](CC)CCCC)C(=O)N1CCCC1. The maximum absolute atomic E-state index is 12.8. The number of hydrogen-bond acceptors (Lipinski definition) is 1. The Hall–Kier alpha value is -0.530. The lowest BCUT2D eigenvalue weighted by molar-refractivity contribution is -0.135. The van der Waals surface area contributed by atoms with Crippen LogP contribution in [-0.4, -0.2) is 23.9 Å². The largest absolute Gasteiger partial charge is 0.342 e. The zero-order chi connectivity index (χ0) is 17.6. The fraction of sp³-hybridized carbons (Fsp3) is 0.955. The average Bonchev–Trinajstić information content (AvgIpc) is 3.13. The van der Waals surface area contributed by atoms with Crippen LogP contribution in [0.4, 0.5) is 0 Å². The van der Waals surface area contributed by atoms with E-state index in [1.54, 1.807) is 0 Å². The molecule has 1 fully saturated rings. The van der Waals surface area contributed by atoms with Gasteiger partial charge in [-0.2, -0.15) is 0 Å². The van der Waals surface area contributed by atoms with Gasteiger partial charge in [-0.25, -0.2) is 0 Å². The molecule has 2 heteroatoms. The van der Waals surface area contributed by atoms with E-state index in [9.17, 15) is 4.79 Å². The molecule has 1 rings (SSSR count). The van der Waals surface area contributed by atoms with E-state index in [4.69, 9.17) is 0 Å². The molecule has 0 bridgehead atoms. The second kappa shape index (κ2) is 13.7. The molecule has 0 aliphatic carbocycles. The predicted molar refractivity (Wildman–Crippen MR) is 105 cm³/mol. The lowest BCUT2D eigenvalue weighted by Crippen LogP contribution is -2.33. The van der Waals surface area contributed by atoms with Crippen LogP contribution in [0.3, 0.4) is 0 Å². The molecule has 2 atom stereocenters. The predicted octanol–water partition coefficient (Wildman–Crippen LogP) is 6.58. The van der Waals surface area contributed by atoms with E-state index < -0.39 is 0 Å². The van der Waals surface area contributed by atoms with Gasteiger partial charge in [0.25, 0.3) is 0 Å². The van der Waals surface area contributed by atoms with Crippen LogP contribution < -0.4 is 0 Å². The van der Waals surface area contributed by atoms with Gasteiger partial charge in [-0.05, 0) is 31.6 Å². The smallest absolute Gasteiger partial charge is 0.225 e. The Kier molecular flexibility index (Phi) is 12.3. The molecule has 1 heterocycles. The molecule has 2 nitrogen and oxygen atoms in total. The van der Waals surface area contributed by atoms with Gasteiger partial charge in [0.2, 0.25) is 5.91 Å². The highest BCUT2D eigenvalue weighted by Gasteiger charge is 2.25. The first-order chi connectivity index (χ1) is 11.7.